The first kappa shape index (κ1) is 12.7. The van der Waals surface area contributed by atoms with Crippen molar-refractivity contribution in [1.82, 2.24) is 0 Å². The number of nitrogens with zero attached hydrogens (tertiary/aromatic N) is 1. The van der Waals surface area contributed by atoms with Crippen molar-refractivity contribution in [3.8, 4) is 6.07 Å². The summed E-state index contributed by atoms with van der Waals surface area (Å²) in [6, 6.07) is 8.74. The molecule has 86 valence electrons. The Hall–Kier alpha value is -1.40. The molecule has 0 heterocycles. The maximum Gasteiger partial charge on any atom is 0.128 e. The summed E-state index contributed by atoms with van der Waals surface area (Å²) in [7, 11) is 0. The monoisotopic (exact) mass is 221 g/mol. The molecule has 0 N–H and O–H groups in total. The molecule has 0 spiro atoms. The molecular formula is C13H16FNO. The third kappa shape index (κ3) is 4.00. The van der Waals surface area contributed by atoms with Crippen LogP contribution < -0.4 is 0 Å². The van der Waals surface area contributed by atoms with Gasteiger partial charge in [-0.05, 0) is 26.3 Å². The first-order chi connectivity index (χ1) is 7.55. The van der Waals surface area contributed by atoms with Gasteiger partial charge in [-0.3, -0.25) is 0 Å². The highest BCUT2D eigenvalue weighted by molar-refractivity contribution is 5.16. The number of hydrogen-bond donors (Lipinski definition) is 0. The summed E-state index contributed by atoms with van der Waals surface area (Å²) in [4.78, 5) is 0. The number of ether oxygens (including phenoxy) is 1. The quantitative estimate of drug-likeness (QED) is 0.715. The standard InChI is InChI=1S/C13H16FNO/c1-13(2,10-15)7-8-16-9-11-5-3-4-6-12(11)14/h3-6H,7-9H2,1-2H3. The van der Waals surface area contributed by atoms with Crippen molar-refractivity contribution in [1.29, 1.82) is 5.26 Å². The molecule has 0 aromatic heterocycles. The minimum absolute atomic E-state index is 0.248. The van der Waals surface area contributed by atoms with E-state index in [1.54, 1.807) is 18.2 Å². The molecule has 1 aromatic rings. The van der Waals surface area contributed by atoms with Crippen molar-refractivity contribution < 1.29 is 9.13 Å². The molecule has 0 radical (unpaired) electrons. The minimum Gasteiger partial charge on any atom is -0.377 e. The summed E-state index contributed by atoms with van der Waals surface area (Å²) in [5, 5.41) is 8.79. The average Bonchev–Trinajstić information content (AvgIpc) is 2.27. The summed E-state index contributed by atoms with van der Waals surface area (Å²) in [5.41, 5.74) is 0.173. The van der Waals surface area contributed by atoms with Crippen LogP contribution in [0.1, 0.15) is 25.8 Å². The van der Waals surface area contributed by atoms with Crippen LogP contribution in [0.4, 0.5) is 4.39 Å². The third-order valence-electron chi connectivity index (χ3n) is 2.39. The Morgan fingerprint density at radius 2 is 2.06 bits per heavy atom. The predicted molar refractivity (Wildman–Crippen MR) is 60.1 cm³/mol. The molecule has 0 aliphatic heterocycles. The van der Waals surface area contributed by atoms with Crippen molar-refractivity contribution in [2.45, 2.75) is 26.9 Å². The van der Waals surface area contributed by atoms with Crippen molar-refractivity contribution in [2.24, 2.45) is 5.41 Å². The van der Waals surface area contributed by atoms with Gasteiger partial charge in [0.15, 0.2) is 0 Å². The van der Waals surface area contributed by atoms with Gasteiger partial charge >= 0.3 is 0 Å². The van der Waals surface area contributed by atoms with Crippen LogP contribution >= 0.6 is 0 Å². The molecule has 0 fully saturated rings. The van der Waals surface area contributed by atoms with Gasteiger partial charge < -0.3 is 4.74 Å². The second-order valence-corrected chi connectivity index (χ2v) is 4.39. The molecule has 0 bridgehead atoms. The Bertz CT molecular complexity index is 382. The fourth-order valence-corrected chi connectivity index (χ4v) is 1.18. The predicted octanol–water partition coefficient (Wildman–Crippen LogP) is 3.28. The van der Waals surface area contributed by atoms with Crippen LogP contribution in [0.5, 0.6) is 0 Å². The highest BCUT2D eigenvalue weighted by Gasteiger charge is 2.15. The van der Waals surface area contributed by atoms with Gasteiger partial charge in [-0.25, -0.2) is 4.39 Å². The zero-order valence-electron chi connectivity index (χ0n) is 9.66. The lowest BCUT2D eigenvalue weighted by Gasteiger charge is -2.14. The van der Waals surface area contributed by atoms with Gasteiger partial charge in [0.05, 0.1) is 18.1 Å². The highest BCUT2D eigenvalue weighted by Crippen LogP contribution is 2.18. The summed E-state index contributed by atoms with van der Waals surface area (Å²) < 4.78 is 18.5. The number of hydrogen-bond acceptors (Lipinski definition) is 2. The lowest BCUT2D eigenvalue weighted by molar-refractivity contribution is 0.100. The lowest BCUT2D eigenvalue weighted by atomic mass is 9.92. The van der Waals surface area contributed by atoms with Crippen LogP contribution in [-0.2, 0) is 11.3 Å². The SMILES string of the molecule is CC(C)(C#N)CCOCc1ccccc1F. The van der Waals surface area contributed by atoms with Gasteiger partial charge in [0, 0.05) is 12.2 Å². The lowest BCUT2D eigenvalue weighted by Crippen LogP contribution is -2.11. The molecule has 3 heteroatoms. The summed E-state index contributed by atoms with van der Waals surface area (Å²) in [6.07, 6.45) is 0.651. The smallest absolute Gasteiger partial charge is 0.128 e. The zero-order chi connectivity index (χ0) is 12.0. The molecule has 0 aliphatic rings. The van der Waals surface area contributed by atoms with E-state index in [2.05, 4.69) is 6.07 Å². The molecule has 0 atom stereocenters. The molecule has 16 heavy (non-hydrogen) atoms. The second kappa shape index (κ2) is 5.62. The highest BCUT2D eigenvalue weighted by atomic mass is 19.1. The Morgan fingerprint density at radius 3 is 2.69 bits per heavy atom. The van der Waals surface area contributed by atoms with Crippen LogP contribution in [0.15, 0.2) is 24.3 Å². The molecule has 0 saturated heterocycles. The first-order valence-corrected chi connectivity index (χ1v) is 5.27. The minimum atomic E-state index is -0.380. The van der Waals surface area contributed by atoms with Gasteiger partial charge in [0.25, 0.3) is 0 Å². The van der Waals surface area contributed by atoms with E-state index in [4.69, 9.17) is 10.00 Å². The molecule has 0 unspecified atom stereocenters. The Labute approximate surface area is 95.7 Å². The van der Waals surface area contributed by atoms with E-state index in [1.165, 1.54) is 6.07 Å². The van der Waals surface area contributed by atoms with E-state index >= 15 is 0 Å². The Morgan fingerprint density at radius 1 is 1.38 bits per heavy atom. The Kier molecular flexibility index (Phi) is 4.45. The molecule has 2 nitrogen and oxygen atoms in total. The molecule has 1 rings (SSSR count). The van der Waals surface area contributed by atoms with E-state index < -0.39 is 0 Å². The summed E-state index contributed by atoms with van der Waals surface area (Å²) in [6.45, 7) is 4.45. The third-order valence-corrected chi connectivity index (χ3v) is 2.39. The van der Waals surface area contributed by atoms with Crippen molar-refractivity contribution in [3.63, 3.8) is 0 Å². The summed E-state index contributed by atoms with van der Waals surface area (Å²) >= 11 is 0. The number of rotatable bonds is 5. The van der Waals surface area contributed by atoms with Crippen LogP contribution in [0, 0.1) is 22.6 Å². The Balaban J connectivity index is 2.33. The normalized spacial score (nSPS) is 11.1. The largest absolute Gasteiger partial charge is 0.377 e. The van der Waals surface area contributed by atoms with Crippen LogP contribution in [0.3, 0.4) is 0 Å². The van der Waals surface area contributed by atoms with E-state index in [9.17, 15) is 4.39 Å². The van der Waals surface area contributed by atoms with Crippen molar-refractivity contribution in [3.05, 3.63) is 35.6 Å². The topological polar surface area (TPSA) is 33.0 Å². The van der Waals surface area contributed by atoms with Crippen molar-refractivity contribution in [2.75, 3.05) is 6.61 Å². The fraction of sp³-hybridized carbons (Fsp3) is 0.462. The van der Waals surface area contributed by atoms with E-state index in [-0.39, 0.29) is 17.8 Å². The fourth-order valence-electron chi connectivity index (χ4n) is 1.18. The zero-order valence-corrected chi connectivity index (χ0v) is 9.66. The molecule has 0 aliphatic carbocycles. The molecule has 0 saturated carbocycles. The van der Waals surface area contributed by atoms with Gasteiger partial charge in [-0.1, -0.05) is 18.2 Å². The number of benzene rings is 1. The maximum atomic E-state index is 13.2. The number of nitriles is 1. The molecular weight excluding hydrogens is 205 g/mol. The second-order valence-electron chi connectivity index (χ2n) is 4.39. The van der Waals surface area contributed by atoms with Crippen LogP contribution in [0.25, 0.3) is 0 Å². The van der Waals surface area contributed by atoms with Gasteiger partial charge in [0.2, 0.25) is 0 Å². The van der Waals surface area contributed by atoms with Crippen molar-refractivity contribution >= 4 is 0 Å². The van der Waals surface area contributed by atoms with E-state index in [0.717, 1.165) is 0 Å². The first-order valence-electron chi connectivity index (χ1n) is 5.27. The number of halogens is 1. The molecule has 0 amide bonds. The summed E-state index contributed by atoms with van der Waals surface area (Å²) in [5.74, 6) is -0.248. The van der Waals surface area contributed by atoms with Crippen LogP contribution in [-0.4, -0.2) is 6.61 Å². The average molecular weight is 221 g/mol. The van der Waals surface area contributed by atoms with Crippen LogP contribution in [0.2, 0.25) is 0 Å². The van der Waals surface area contributed by atoms with Gasteiger partial charge in [-0.15, -0.1) is 0 Å². The van der Waals surface area contributed by atoms with Gasteiger partial charge in [0.1, 0.15) is 5.82 Å². The van der Waals surface area contributed by atoms with E-state index in [0.29, 0.717) is 18.6 Å². The van der Waals surface area contributed by atoms with E-state index in [1.807, 2.05) is 13.8 Å². The van der Waals surface area contributed by atoms with Gasteiger partial charge in [-0.2, -0.15) is 5.26 Å². The molecule has 1 aromatic carbocycles. The maximum absolute atomic E-state index is 13.2.